The van der Waals surface area contributed by atoms with Crippen molar-refractivity contribution in [1.29, 1.82) is 0 Å². The number of aryl methyl sites for hydroxylation is 1. The Kier molecular flexibility index (Phi) is 5.63. The molecule has 0 fully saturated rings. The van der Waals surface area contributed by atoms with Gasteiger partial charge in [-0.05, 0) is 30.2 Å². The van der Waals surface area contributed by atoms with Crippen LogP contribution in [0.3, 0.4) is 0 Å². The number of anilines is 1. The molecular weight excluding hydrogens is 346 g/mol. The number of carbonyl (C=O) groups is 2. The quantitative estimate of drug-likeness (QED) is 0.714. The SMILES string of the molecule is CCCN(CC(=O)Nc1ncc(C)s1)C(=O)c1cccc2ccccc12. The van der Waals surface area contributed by atoms with E-state index in [0.717, 1.165) is 22.1 Å². The number of nitrogens with zero attached hydrogens (tertiary/aromatic N) is 2. The Balaban J connectivity index is 1.80. The van der Waals surface area contributed by atoms with Gasteiger partial charge in [0.1, 0.15) is 6.54 Å². The molecule has 5 nitrogen and oxygen atoms in total. The van der Waals surface area contributed by atoms with Crippen molar-refractivity contribution in [3.8, 4) is 0 Å². The molecule has 1 N–H and O–H groups in total. The predicted molar refractivity (Wildman–Crippen MR) is 106 cm³/mol. The van der Waals surface area contributed by atoms with Crippen LogP contribution in [0.4, 0.5) is 5.13 Å². The number of fused-ring (bicyclic) bond motifs is 1. The van der Waals surface area contributed by atoms with Gasteiger partial charge < -0.3 is 10.2 Å². The van der Waals surface area contributed by atoms with Crippen molar-refractivity contribution in [3.05, 3.63) is 59.1 Å². The highest BCUT2D eigenvalue weighted by Crippen LogP contribution is 2.21. The second-order valence-corrected chi connectivity index (χ2v) is 7.31. The van der Waals surface area contributed by atoms with Gasteiger partial charge in [0.05, 0.1) is 0 Å². The standard InChI is InChI=1S/C20H21N3O2S/c1-3-11-23(13-18(24)22-20-21-12-14(2)26-20)19(25)17-10-6-8-15-7-4-5-9-16(15)17/h4-10,12H,3,11,13H2,1-2H3,(H,21,22,24). The van der Waals surface area contributed by atoms with Gasteiger partial charge >= 0.3 is 0 Å². The van der Waals surface area contributed by atoms with E-state index in [4.69, 9.17) is 0 Å². The summed E-state index contributed by atoms with van der Waals surface area (Å²) in [5.41, 5.74) is 0.620. The molecule has 0 spiro atoms. The Labute approximate surface area is 156 Å². The molecule has 0 aliphatic carbocycles. The summed E-state index contributed by atoms with van der Waals surface area (Å²) in [6.07, 6.45) is 2.49. The summed E-state index contributed by atoms with van der Waals surface area (Å²) in [5.74, 6) is -0.365. The average molecular weight is 367 g/mol. The van der Waals surface area contributed by atoms with E-state index in [1.807, 2.05) is 56.3 Å². The van der Waals surface area contributed by atoms with Crippen LogP contribution in [0, 0.1) is 6.92 Å². The number of nitrogens with one attached hydrogen (secondary N) is 1. The van der Waals surface area contributed by atoms with Gasteiger partial charge in [-0.25, -0.2) is 4.98 Å². The van der Waals surface area contributed by atoms with E-state index in [1.165, 1.54) is 11.3 Å². The van der Waals surface area contributed by atoms with Crippen LogP contribution in [0.2, 0.25) is 0 Å². The van der Waals surface area contributed by atoms with Gasteiger partial charge in [0.15, 0.2) is 5.13 Å². The Morgan fingerprint density at radius 2 is 1.92 bits per heavy atom. The summed E-state index contributed by atoms with van der Waals surface area (Å²) in [6, 6.07) is 13.4. The van der Waals surface area contributed by atoms with E-state index in [2.05, 4.69) is 10.3 Å². The van der Waals surface area contributed by atoms with Gasteiger partial charge in [-0.2, -0.15) is 0 Å². The van der Waals surface area contributed by atoms with Gasteiger partial charge in [-0.15, -0.1) is 11.3 Å². The molecule has 2 aromatic carbocycles. The molecule has 0 radical (unpaired) electrons. The van der Waals surface area contributed by atoms with Crippen LogP contribution in [0.15, 0.2) is 48.7 Å². The molecule has 0 saturated carbocycles. The molecule has 0 aliphatic heterocycles. The molecule has 0 unspecified atom stereocenters. The molecule has 0 aliphatic rings. The lowest BCUT2D eigenvalue weighted by Crippen LogP contribution is -2.38. The van der Waals surface area contributed by atoms with Gasteiger partial charge in [0, 0.05) is 23.2 Å². The molecule has 3 rings (SSSR count). The fraction of sp³-hybridized carbons (Fsp3) is 0.250. The second kappa shape index (κ2) is 8.10. The first-order chi connectivity index (χ1) is 12.6. The van der Waals surface area contributed by atoms with E-state index in [1.54, 1.807) is 11.1 Å². The molecule has 3 aromatic rings. The van der Waals surface area contributed by atoms with Crippen molar-refractivity contribution >= 4 is 39.1 Å². The van der Waals surface area contributed by atoms with Crippen molar-refractivity contribution < 1.29 is 9.59 Å². The highest BCUT2D eigenvalue weighted by molar-refractivity contribution is 7.15. The van der Waals surface area contributed by atoms with Crippen LogP contribution >= 0.6 is 11.3 Å². The summed E-state index contributed by atoms with van der Waals surface area (Å²) in [7, 11) is 0. The van der Waals surface area contributed by atoms with Gasteiger partial charge in [-0.3, -0.25) is 9.59 Å². The minimum atomic E-state index is -0.235. The maximum absolute atomic E-state index is 13.1. The van der Waals surface area contributed by atoms with E-state index in [0.29, 0.717) is 17.2 Å². The summed E-state index contributed by atoms with van der Waals surface area (Å²) in [4.78, 5) is 32.2. The number of aromatic nitrogens is 1. The van der Waals surface area contributed by atoms with Crippen LogP contribution in [-0.2, 0) is 4.79 Å². The number of rotatable bonds is 6. The van der Waals surface area contributed by atoms with Crippen LogP contribution in [0.1, 0.15) is 28.6 Å². The Hall–Kier alpha value is -2.73. The smallest absolute Gasteiger partial charge is 0.254 e. The first-order valence-electron chi connectivity index (χ1n) is 8.58. The fourth-order valence-electron chi connectivity index (χ4n) is 2.85. The number of thiazole rings is 1. The van der Waals surface area contributed by atoms with E-state index in [9.17, 15) is 9.59 Å². The zero-order valence-electron chi connectivity index (χ0n) is 14.9. The van der Waals surface area contributed by atoms with E-state index < -0.39 is 0 Å². The zero-order valence-corrected chi connectivity index (χ0v) is 15.7. The molecule has 1 aromatic heterocycles. The zero-order chi connectivity index (χ0) is 18.5. The van der Waals surface area contributed by atoms with Crippen molar-refractivity contribution in [2.75, 3.05) is 18.4 Å². The second-order valence-electron chi connectivity index (χ2n) is 6.08. The predicted octanol–water partition coefficient (Wildman–Crippen LogP) is 4.10. The summed E-state index contributed by atoms with van der Waals surface area (Å²) < 4.78 is 0. The lowest BCUT2D eigenvalue weighted by atomic mass is 10.0. The third-order valence-corrected chi connectivity index (χ3v) is 4.83. The number of hydrogen-bond donors (Lipinski definition) is 1. The number of carbonyl (C=O) groups excluding carboxylic acids is 2. The summed E-state index contributed by atoms with van der Waals surface area (Å²) in [6.45, 7) is 4.45. The molecular formula is C20H21N3O2S. The van der Waals surface area contributed by atoms with E-state index in [-0.39, 0.29) is 18.4 Å². The van der Waals surface area contributed by atoms with Gasteiger partial charge in [0.2, 0.25) is 5.91 Å². The lowest BCUT2D eigenvalue weighted by molar-refractivity contribution is -0.116. The highest BCUT2D eigenvalue weighted by atomic mass is 32.1. The van der Waals surface area contributed by atoms with Crippen molar-refractivity contribution in [2.24, 2.45) is 0 Å². The Bertz CT molecular complexity index is 930. The summed E-state index contributed by atoms with van der Waals surface area (Å²) in [5, 5.41) is 5.24. The first kappa shape index (κ1) is 18.1. The third kappa shape index (κ3) is 4.08. The first-order valence-corrected chi connectivity index (χ1v) is 9.39. The lowest BCUT2D eigenvalue weighted by Gasteiger charge is -2.22. The normalized spacial score (nSPS) is 10.7. The van der Waals surface area contributed by atoms with Gasteiger partial charge in [-0.1, -0.05) is 43.3 Å². The molecule has 0 atom stereocenters. The maximum Gasteiger partial charge on any atom is 0.254 e. The van der Waals surface area contributed by atoms with Crippen molar-refractivity contribution in [3.63, 3.8) is 0 Å². The number of benzene rings is 2. The number of hydrogen-bond acceptors (Lipinski definition) is 4. The Morgan fingerprint density at radius 3 is 2.65 bits per heavy atom. The molecule has 0 bridgehead atoms. The minimum absolute atomic E-state index is 0.00845. The molecule has 2 amide bonds. The van der Waals surface area contributed by atoms with Gasteiger partial charge in [0.25, 0.3) is 5.91 Å². The monoisotopic (exact) mass is 367 g/mol. The van der Waals surface area contributed by atoms with Crippen molar-refractivity contribution in [1.82, 2.24) is 9.88 Å². The number of amides is 2. The fourth-order valence-corrected chi connectivity index (χ4v) is 3.53. The van der Waals surface area contributed by atoms with E-state index >= 15 is 0 Å². The topological polar surface area (TPSA) is 62.3 Å². The largest absolute Gasteiger partial charge is 0.329 e. The molecule has 134 valence electrons. The van der Waals surface area contributed by atoms with Crippen molar-refractivity contribution in [2.45, 2.75) is 20.3 Å². The minimum Gasteiger partial charge on any atom is -0.329 e. The molecule has 1 heterocycles. The summed E-state index contributed by atoms with van der Waals surface area (Å²) >= 11 is 1.42. The van der Waals surface area contributed by atoms with Crippen LogP contribution < -0.4 is 5.32 Å². The van der Waals surface area contributed by atoms with Crippen LogP contribution in [0.5, 0.6) is 0 Å². The Morgan fingerprint density at radius 1 is 1.15 bits per heavy atom. The molecule has 6 heteroatoms. The average Bonchev–Trinajstić information content (AvgIpc) is 3.05. The third-order valence-electron chi connectivity index (χ3n) is 4.00. The maximum atomic E-state index is 13.1. The van der Waals surface area contributed by atoms with Crippen LogP contribution in [0.25, 0.3) is 10.8 Å². The highest BCUT2D eigenvalue weighted by Gasteiger charge is 2.20. The van der Waals surface area contributed by atoms with Crippen LogP contribution in [-0.4, -0.2) is 34.8 Å². The molecule has 26 heavy (non-hydrogen) atoms. The molecule has 0 saturated heterocycles.